The van der Waals surface area contributed by atoms with Crippen molar-refractivity contribution in [1.82, 2.24) is 9.80 Å². The fourth-order valence-electron chi connectivity index (χ4n) is 8.67. The van der Waals surface area contributed by atoms with Crippen molar-refractivity contribution in [2.24, 2.45) is 0 Å². The zero-order chi connectivity index (χ0) is 33.8. The Hall–Kier alpha value is -4.36. The van der Waals surface area contributed by atoms with E-state index in [0.29, 0.717) is 23.5 Å². The van der Waals surface area contributed by atoms with Gasteiger partial charge in [0.05, 0.1) is 12.1 Å². The van der Waals surface area contributed by atoms with Crippen molar-refractivity contribution in [2.45, 2.75) is 49.7 Å². The first-order chi connectivity index (χ1) is 24.6. The van der Waals surface area contributed by atoms with E-state index in [9.17, 15) is 5.11 Å². The summed E-state index contributed by atoms with van der Waals surface area (Å²) in [7, 11) is 0. The van der Waals surface area contributed by atoms with E-state index in [1.807, 2.05) is 48.5 Å². The summed E-state index contributed by atoms with van der Waals surface area (Å²) in [6, 6.07) is 36.6. The first kappa shape index (κ1) is 31.6. The minimum atomic E-state index is -1.67. The molecule has 4 nitrogen and oxygen atoms in total. The van der Waals surface area contributed by atoms with Gasteiger partial charge >= 0.3 is 0 Å². The van der Waals surface area contributed by atoms with Crippen LogP contribution >= 0.6 is 0 Å². The second kappa shape index (κ2) is 13.1. The molecule has 1 saturated heterocycles. The molecule has 0 bridgehead atoms. The molecular formula is C44H42F2N2O2. The van der Waals surface area contributed by atoms with Crippen LogP contribution in [0.15, 0.2) is 109 Å². The molecule has 6 heteroatoms. The lowest BCUT2D eigenvalue weighted by Gasteiger charge is -2.40. The molecule has 3 aliphatic rings. The third kappa shape index (κ3) is 5.54. The molecule has 3 unspecified atom stereocenters. The number of rotatable bonds is 8. The average Bonchev–Trinajstić information content (AvgIpc) is 4.03. The predicted molar refractivity (Wildman–Crippen MR) is 197 cm³/mol. The molecule has 1 heterocycles. The Morgan fingerprint density at radius 2 is 1.18 bits per heavy atom. The minimum Gasteiger partial charge on any atom is -0.490 e. The quantitative estimate of drug-likeness (QED) is 0.164. The molecule has 2 aliphatic carbocycles. The third-order valence-electron chi connectivity index (χ3n) is 11.3. The highest BCUT2D eigenvalue weighted by Crippen LogP contribution is 2.53. The smallest absolute Gasteiger partial charge is 0.161 e. The van der Waals surface area contributed by atoms with E-state index < -0.39 is 18.4 Å². The van der Waals surface area contributed by atoms with Gasteiger partial charge in [0.15, 0.2) is 12.3 Å². The summed E-state index contributed by atoms with van der Waals surface area (Å²) >= 11 is 0. The van der Waals surface area contributed by atoms with Crippen molar-refractivity contribution in [3.05, 3.63) is 137 Å². The standard InChI is InChI=1S/C44H42F2N2O2/c45-42-36-13-5-6-14-37(36)44(38-17-7-15-30(28-19-20-28)41(38)43(42)46)48-25-23-47(24-26-48)22-21-29(49)27-50-39-18-8-16-35-33-10-2-1-9-31(33)32-11-3-4-12-34(32)40(35)39/h1-18,28-29,42-44,49H,19-27H2/t29-,42?,43?,44?/m0/s1. The van der Waals surface area contributed by atoms with Crippen molar-refractivity contribution < 1.29 is 18.6 Å². The summed E-state index contributed by atoms with van der Waals surface area (Å²) in [5.74, 6) is 1.13. The number of aliphatic hydroxyl groups excluding tert-OH is 1. The van der Waals surface area contributed by atoms with E-state index in [4.69, 9.17) is 4.74 Å². The zero-order valence-corrected chi connectivity index (χ0v) is 28.1. The Balaban J connectivity index is 0.887. The number of fused-ring (bicyclic) bond motifs is 8. The highest BCUT2D eigenvalue weighted by Gasteiger charge is 2.42. The van der Waals surface area contributed by atoms with Crippen LogP contribution < -0.4 is 4.74 Å². The zero-order valence-electron chi connectivity index (χ0n) is 28.1. The number of alkyl halides is 2. The van der Waals surface area contributed by atoms with Gasteiger partial charge in [-0.05, 0) is 86.0 Å². The number of aliphatic hydroxyl groups is 1. The summed E-state index contributed by atoms with van der Waals surface area (Å²) in [6.07, 6.45) is -1.26. The molecule has 4 atom stereocenters. The molecule has 0 radical (unpaired) electrons. The lowest BCUT2D eigenvalue weighted by atomic mass is 9.89. The van der Waals surface area contributed by atoms with Crippen LogP contribution in [-0.4, -0.2) is 60.3 Å². The number of ether oxygens (including phenoxy) is 1. The van der Waals surface area contributed by atoms with Gasteiger partial charge in [-0.25, -0.2) is 8.78 Å². The summed E-state index contributed by atoms with van der Waals surface area (Å²) in [6.45, 7) is 4.18. The van der Waals surface area contributed by atoms with E-state index in [1.165, 1.54) is 16.2 Å². The Morgan fingerprint density at radius 1 is 0.620 bits per heavy atom. The first-order valence-electron chi connectivity index (χ1n) is 18.2. The van der Waals surface area contributed by atoms with E-state index in [-0.39, 0.29) is 12.6 Å². The Bertz CT molecular complexity index is 2150. The normalized spacial score (nSPS) is 21.9. The highest BCUT2D eigenvalue weighted by atomic mass is 19.2. The fraction of sp³-hybridized carbons (Fsp3) is 0.318. The van der Waals surface area contributed by atoms with Gasteiger partial charge in [0.25, 0.3) is 0 Å². The van der Waals surface area contributed by atoms with Crippen molar-refractivity contribution in [1.29, 1.82) is 0 Å². The van der Waals surface area contributed by atoms with Gasteiger partial charge in [-0.3, -0.25) is 4.90 Å². The van der Waals surface area contributed by atoms with E-state index in [2.05, 4.69) is 64.4 Å². The lowest BCUT2D eigenvalue weighted by Crippen LogP contribution is -2.48. The number of nitrogens with zero attached hydrogens (tertiary/aromatic N) is 2. The van der Waals surface area contributed by atoms with Gasteiger partial charge in [0.1, 0.15) is 12.4 Å². The van der Waals surface area contributed by atoms with Crippen molar-refractivity contribution in [2.75, 3.05) is 39.3 Å². The van der Waals surface area contributed by atoms with Crippen LogP contribution in [0, 0.1) is 0 Å². The summed E-state index contributed by atoms with van der Waals surface area (Å²) in [4.78, 5) is 4.79. The number of hydrogen-bond acceptors (Lipinski definition) is 4. The maximum atomic E-state index is 16.1. The van der Waals surface area contributed by atoms with E-state index in [0.717, 1.165) is 84.2 Å². The number of benzene rings is 6. The largest absolute Gasteiger partial charge is 0.490 e. The van der Waals surface area contributed by atoms with Gasteiger partial charge in [-0.15, -0.1) is 0 Å². The molecule has 1 N–H and O–H groups in total. The van der Waals surface area contributed by atoms with Gasteiger partial charge in [-0.2, -0.15) is 0 Å². The molecule has 50 heavy (non-hydrogen) atoms. The maximum absolute atomic E-state index is 16.1. The Kier molecular flexibility index (Phi) is 8.26. The monoisotopic (exact) mass is 668 g/mol. The number of hydrogen-bond donors (Lipinski definition) is 1. The topological polar surface area (TPSA) is 35.9 Å². The Morgan fingerprint density at radius 3 is 1.88 bits per heavy atom. The van der Waals surface area contributed by atoms with Gasteiger partial charge < -0.3 is 14.7 Å². The molecule has 1 aliphatic heterocycles. The molecule has 1 saturated carbocycles. The molecule has 0 amide bonds. The van der Waals surface area contributed by atoms with Crippen LogP contribution in [0.25, 0.3) is 32.3 Å². The second-order valence-electron chi connectivity index (χ2n) is 14.4. The third-order valence-corrected chi connectivity index (χ3v) is 11.3. The molecule has 0 aromatic heterocycles. The molecule has 254 valence electrons. The maximum Gasteiger partial charge on any atom is 0.161 e. The number of halogens is 2. The van der Waals surface area contributed by atoms with Crippen molar-refractivity contribution in [3.63, 3.8) is 0 Å². The van der Waals surface area contributed by atoms with Crippen LogP contribution in [0.4, 0.5) is 8.78 Å². The Labute approximate surface area is 291 Å². The predicted octanol–water partition coefficient (Wildman–Crippen LogP) is 9.60. The average molecular weight is 669 g/mol. The van der Waals surface area contributed by atoms with Crippen LogP contribution in [0.2, 0.25) is 0 Å². The summed E-state index contributed by atoms with van der Waals surface area (Å²) < 4.78 is 38.3. The highest BCUT2D eigenvalue weighted by molar-refractivity contribution is 6.26. The van der Waals surface area contributed by atoms with Gasteiger partial charge in [0.2, 0.25) is 0 Å². The van der Waals surface area contributed by atoms with Gasteiger partial charge in [0, 0.05) is 38.1 Å². The number of piperazine rings is 1. The molecule has 0 spiro atoms. The SMILES string of the molecule is O[C@@H](CCN1CCN(C2c3ccccc3C(F)C(F)c3c(C4CC4)cccc32)CC1)COc1cccc2c3ccccc3c3ccccc3c12. The van der Waals surface area contributed by atoms with Crippen LogP contribution in [0.5, 0.6) is 5.75 Å². The fourth-order valence-corrected chi connectivity index (χ4v) is 8.67. The lowest BCUT2D eigenvalue weighted by molar-refractivity contribution is 0.0681. The minimum absolute atomic E-state index is 0.186. The van der Waals surface area contributed by atoms with Crippen molar-refractivity contribution >= 4 is 32.3 Å². The molecular weight excluding hydrogens is 626 g/mol. The first-order valence-corrected chi connectivity index (χ1v) is 18.2. The van der Waals surface area contributed by atoms with Gasteiger partial charge in [-0.1, -0.05) is 103 Å². The summed E-state index contributed by atoms with van der Waals surface area (Å²) in [5.41, 5.74) is 3.85. The summed E-state index contributed by atoms with van der Waals surface area (Å²) in [5, 5.41) is 18.1. The van der Waals surface area contributed by atoms with Crippen LogP contribution in [0.3, 0.4) is 0 Å². The van der Waals surface area contributed by atoms with Crippen LogP contribution in [0.1, 0.15) is 71.4 Å². The van der Waals surface area contributed by atoms with E-state index >= 15 is 8.78 Å². The van der Waals surface area contributed by atoms with Crippen molar-refractivity contribution in [3.8, 4) is 5.75 Å². The van der Waals surface area contributed by atoms with E-state index in [1.54, 1.807) is 6.07 Å². The molecule has 6 aromatic rings. The molecule has 6 aromatic carbocycles. The van der Waals surface area contributed by atoms with Crippen LogP contribution in [-0.2, 0) is 0 Å². The molecule has 2 fully saturated rings. The molecule has 9 rings (SSSR count). The second-order valence-corrected chi connectivity index (χ2v) is 14.4.